The van der Waals surface area contributed by atoms with Crippen molar-refractivity contribution in [2.45, 2.75) is 30.3 Å². The smallest absolute Gasteiger partial charge is 0.331 e. The number of imidazole rings is 1. The third-order valence-electron chi connectivity index (χ3n) is 5.26. The van der Waals surface area contributed by atoms with Crippen molar-refractivity contribution in [3.63, 3.8) is 0 Å². The van der Waals surface area contributed by atoms with Crippen molar-refractivity contribution in [3.8, 4) is 0 Å². The zero-order chi connectivity index (χ0) is 21.5. The van der Waals surface area contributed by atoms with Crippen LogP contribution in [0.2, 0.25) is 5.02 Å². The number of aromatic nitrogens is 3. The molecule has 1 aliphatic heterocycles. The van der Waals surface area contributed by atoms with Crippen LogP contribution in [-0.2, 0) is 21.4 Å². The van der Waals surface area contributed by atoms with Crippen LogP contribution in [0.4, 0.5) is 0 Å². The number of carboxylic acids is 1. The van der Waals surface area contributed by atoms with Crippen molar-refractivity contribution < 1.29 is 18.3 Å². The molecule has 2 aromatic heterocycles. The van der Waals surface area contributed by atoms with Crippen LogP contribution in [0.15, 0.2) is 52.3 Å². The van der Waals surface area contributed by atoms with Gasteiger partial charge in [-0.1, -0.05) is 23.7 Å². The largest absolute Gasteiger partial charge is 0.480 e. The van der Waals surface area contributed by atoms with Crippen LogP contribution in [-0.4, -0.2) is 51.0 Å². The van der Waals surface area contributed by atoms with E-state index >= 15 is 0 Å². The Labute approximate surface area is 177 Å². The van der Waals surface area contributed by atoms with Crippen LogP contribution >= 0.6 is 11.6 Å². The number of aliphatic carboxylic acids is 1. The van der Waals surface area contributed by atoms with Gasteiger partial charge in [-0.15, -0.1) is 0 Å². The summed E-state index contributed by atoms with van der Waals surface area (Å²) in [6.07, 6.45) is 2.33. The number of carboxylic acid groups (broad SMARTS) is 1. The number of sulfonamides is 1. The molecule has 0 saturated carbocycles. The fourth-order valence-electron chi connectivity index (χ4n) is 3.86. The van der Waals surface area contributed by atoms with Crippen LogP contribution in [0.5, 0.6) is 0 Å². The number of pyridine rings is 1. The topological polar surface area (TPSA) is 114 Å². The molecule has 11 heteroatoms. The summed E-state index contributed by atoms with van der Waals surface area (Å²) in [5, 5.41) is 9.32. The predicted octanol–water partition coefficient (Wildman–Crippen LogP) is 1.96. The standard InChI is InChI=1S/C19H19ClN4O5S/c20-14-4-1-2-6-16(14)30(28,29)22-10-7-13(8-11-22)24-18-15(5-3-9-21-18)23(19(24)27)12-17(25)26/h1-6,9,13H,7-8,10-12H2,(H,25,26). The summed E-state index contributed by atoms with van der Waals surface area (Å²) in [6.45, 7) is -0.0417. The van der Waals surface area contributed by atoms with Crippen LogP contribution in [0.1, 0.15) is 18.9 Å². The number of hydrogen-bond acceptors (Lipinski definition) is 5. The SMILES string of the molecule is O=C(O)Cn1c(=O)n(C2CCN(S(=O)(=O)c3ccccc3Cl)CC2)c2ncccc21. The number of piperidine rings is 1. The Kier molecular flexibility index (Phi) is 5.39. The minimum Gasteiger partial charge on any atom is -0.480 e. The number of halogens is 1. The Morgan fingerprint density at radius 2 is 1.87 bits per heavy atom. The molecule has 0 unspecified atom stereocenters. The highest BCUT2D eigenvalue weighted by molar-refractivity contribution is 7.89. The summed E-state index contributed by atoms with van der Waals surface area (Å²) in [5.41, 5.74) is 0.380. The molecule has 9 nitrogen and oxygen atoms in total. The molecule has 1 N–H and O–H groups in total. The average molecular weight is 451 g/mol. The van der Waals surface area contributed by atoms with Gasteiger partial charge in [-0.05, 0) is 37.1 Å². The normalized spacial score (nSPS) is 16.2. The van der Waals surface area contributed by atoms with Gasteiger partial charge in [-0.3, -0.25) is 13.9 Å². The number of carbonyl (C=O) groups is 1. The maximum atomic E-state index is 12.9. The number of hydrogen-bond donors (Lipinski definition) is 1. The summed E-state index contributed by atoms with van der Waals surface area (Å²) < 4.78 is 29.9. The molecule has 158 valence electrons. The van der Waals surface area contributed by atoms with Crippen molar-refractivity contribution in [1.82, 2.24) is 18.4 Å². The first-order valence-corrected chi connectivity index (χ1v) is 11.1. The third-order valence-corrected chi connectivity index (χ3v) is 7.66. The lowest BCUT2D eigenvalue weighted by Crippen LogP contribution is -2.41. The number of rotatable bonds is 5. The molecule has 0 atom stereocenters. The lowest BCUT2D eigenvalue weighted by molar-refractivity contribution is -0.137. The molecule has 3 heterocycles. The van der Waals surface area contributed by atoms with E-state index in [2.05, 4.69) is 4.98 Å². The van der Waals surface area contributed by atoms with Crippen molar-refractivity contribution in [2.75, 3.05) is 13.1 Å². The van der Waals surface area contributed by atoms with Crippen LogP contribution in [0.3, 0.4) is 0 Å². The van der Waals surface area contributed by atoms with Crippen LogP contribution in [0, 0.1) is 0 Å². The molecule has 30 heavy (non-hydrogen) atoms. The molecule has 0 bridgehead atoms. The monoisotopic (exact) mass is 450 g/mol. The Balaban J connectivity index is 1.63. The van der Waals surface area contributed by atoms with E-state index in [-0.39, 0.29) is 29.0 Å². The van der Waals surface area contributed by atoms with E-state index < -0.39 is 28.2 Å². The zero-order valence-electron chi connectivity index (χ0n) is 15.8. The van der Waals surface area contributed by atoms with Gasteiger partial charge in [-0.25, -0.2) is 18.2 Å². The van der Waals surface area contributed by atoms with E-state index in [0.29, 0.717) is 24.0 Å². The van der Waals surface area contributed by atoms with Gasteiger partial charge in [0.05, 0.1) is 10.5 Å². The fourth-order valence-corrected chi connectivity index (χ4v) is 5.82. The van der Waals surface area contributed by atoms with E-state index in [4.69, 9.17) is 16.7 Å². The number of fused-ring (bicyclic) bond motifs is 1. The molecule has 0 spiro atoms. The highest BCUT2D eigenvalue weighted by atomic mass is 35.5. The third kappa shape index (κ3) is 3.51. The Hall–Kier alpha value is -2.69. The highest BCUT2D eigenvalue weighted by Crippen LogP contribution is 2.30. The van der Waals surface area contributed by atoms with Crippen LogP contribution < -0.4 is 5.69 Å². The first-order valence-electron chi connectivity index (χ1n) is 9.33. The summed E-state index contributed by atoms with van der Waals surface area (Å²) >= 11 is 6.07. The molecule has 4 rings (SSSR count). The van der Waals surface area contributed by atoms with Gasteiger partial charge in [0.1, 0.15) is 11.4 Å². The minimum atomic E-state index is -3.75. The van der Waals surface area contributed by atoms with Gasteiger partial charge in [0, 0.05) is 25.3 Å². The lowest BCUT2D eigenvalue weighted by Gasteiger charge is -2.31. The first kappa shape index (κ1) is 20.6. The number of nitrogens with zero attached hydrogens (tertiary/aromatic N) is 4. The lowest BCUT2D eigenvalue weighted by atomic mass is 10.1. The van der Waals surface area contributed by atoms with Crippen LogP contribution in [0.25, 0.3) is 11.2 Å². The Bertz CT molecular complexity index is 1280. The van der Waals surface area contributed by atoms with Crippen molar-refractivity contribution in [3.05, 3.63) is 58.1 Å². The predicted molar refractivity (Wildman–Crippen MR) is 110 cm³/mol. The molecule has 0 radical (unpaired) electrons. The second kappa shape index (κ2) is 7.86. The molecule has 0 aliphatic carbocycles. The molecule has 1 aromatic carbocycles. The molecule has 1 aliphatic rings. The Morgan fingerprint density at radius 1 is 1.17 bits per heavy atom. The summed E-state index contributed by atoms with van der Waals surface area (Å²) in [4.78, 5) is 28.5. The van der Waals surface area contributed by atoms with Gasteiger partial charge < -0.3 is 5.11 Å². The highest BCUT2D eigenvalue weighted by Gasteiger charge is 2.33. The van der Waals surface area contributed by atoms with E-state index in [9.17, 15) is 18.0 Å². The summed E-state index contributed by atoms with van der Waals surface area (Å²) in [6, 6.07) is 9.29. The maximum Gasteiger partial charge on any atom is 0.331 e. The Morgan fingerprint density at radius 3 is 2.53 bits per heavy atom. The van der Waals surface area contributed by atoms with Gasteiger partial charge >= 0.3 is 11.7 Å². The van der Waals surface area contributed by atoms with Crippen molar-refractivity contribution in [1.29, 1.82) is 0 Å². The first-order chi connectivity index (χ1) is 14.3. The second-order valence-electron chi connectivity index (χ2n) is 7.04. The second-order valence-corrected chi connectivity index (χ2v) is 9.36. The minimum absolute atomic E-state index is 0.0574. The average Bonchev–Trinajstić information content (AvgIpc) is 2.99. The number of benzene rings is 1. The molecule has 1 saturated heterocycles. The van der Waals surface area contributed by atoms with Gasteiger partial charge in [0.2, 0.25) is 10.0 Å². The quantitative estimate of drug-likeness (QED) is 0.635. The molecular formula is C19H19ClN4O5S. The van der Waals surface area contributed by atoms with E-state index in [1.807, 2.05) is 0 Å². The van der Waals surface area contributed by atoms with E-state index in [0.717, 1.165) is 0 Å². The molecular weight excluding hydrogens is 432 g/mol. The van der Waals surface area contributed by atoms with Gasteiger partial charge in [0.25, 0.3) is 0 Å². The van der Waals surface area contributed by atoms with E-state index in [1.165, 1.54) is 25.6 Å². The molecule has 1 fully saturated rings. The van der Waals surface area contributed by atoms with Gasteiger partial charge in [0.15, 0.2) is 5.65 Å². The molecule has 3 aromatic rings. The zero-order valence-corrected chi connectivity index (χ0v) is 17.4. The van der Waals surface area contributed by atoms with Gasteiger partial charge in [-0.2, -0.15) is 4.31 Å². The summed E-state index contributed by atoms with van der Waals surface area (Å²) in [7, 11) is -3.75. The molecule has 0 amide bonds. The maximum absolute atomic E-state index is 12.9. The fraction of sp³-hybridized carbons (Fsp3) is 0.316. The van der Waals surface area contributed by atoms with E-state index in [1.54, 1.807) is 30.5 Å². The van der Waals surface area contributed by atoms with Crippen molar-refractivity contribution >= 4 is 38.8 Å². The summed E-state index contributed by atoms with van der Waals surface area (Å²) in [5.74, 6) is -1.12. The van der Waals surface area contributed by atoms with Crippen molar-refractivity contribution in [2.24, 2.45) is 0 Å².